The maximum Gasteiger partial charge on any atom is 0.433 e. The summed E-state index contributed by atoms with van der Waals surface area (Å²) in [4.78, 5) is 3.42. The van der Waals surface area contributed by atoms with Crippen LogP contribution in [0.4, 0.5) is 23.2 Å². The second-order valence-corrected chi connectivity index (χ2v) is 4.47. The summed E-state index contributed by atoms with van der Waals surface area (Å²) in [5, 5.41) is 1.84. The highest BCUT2D eigenvalue weighted by Gasteiger charge is 2.33. The number of benzene rings is 1. The third-order valence-electron chi connectivity index (χ3n) is 2.49. The van der Waals surface area contributed by atoms with Crippen molar-refractivity contribution >= 4 is 39.8 Å². The second kappa shape index (κ2) is 4.68. The first-order valence-electron chi connectivity index (χ1n) is 4.99. The molecule has 19 heavy (non-hydrogen) atoms. The number of halogens is 6. The summed E-state index contributed by atoms with van der Waals surface area (Å²) in [6, 6.07) is 1.77. The lowest BCUT2D eigenvalue weighted by atomic mass is 10.1. The minimum Gasteiger partial charge on any atom is -0.387 e. The average molecular weight is 313 g/mol. The molecule has 1 heterocycles. The molecule has 0 unspecified atom stereocenters. The van der Waals surface area contributed by atoms with Gasteiger partial charge < -0.3 is 5.32 Å². The first-order chi connectivity index (χ1) is 8.75. The van der Waals surface area contributed by atoms with E-state index in [2.05, 4.69) is 10.3 Å². The van der Waals surface area contributed by atoms with Gasteiger partial charge in [0.15, 0.2) is 5.82 Å². The fourth-order valence-corrected chi connectivity index (χ4v) is 2.19. The predicted octanol–water partition coefficient (Wildman–Crippen LogP) is 4.74. The molecular weight excluding hydrogens is 307 g/mol. The zero-order chi connectivity index (χ0) is 14.4. The van der Waals surface area contributed by atoms with Crippen molar-refractivity contribution in [3.05, 3.63) is 33.7 Å². The van der Waals surface area contributed by atoms with Crippen molar-refractivity contribution in [2.45, 2.75) is 6.18 Å². The molecule has 0 amide bonds. The molecule has 0 aliphatic rings. The van der Waals surface area contributed by atoms with Gasteiger partial charge in [-0.15, -0.1) is 0 Å². The lowest BCUT2D eigenvalue weighted by molar-refractivity contribution is -0.140. The summed E-state index contributed by atoms with van der Waals surface area (Å²) in [7, 11) is 1.40. The normalized spacial score (nSPS) is 11.9. The smallest absolute Gasteiger partial charge is 0.387 e. The van der Waals surface area contributed by atoms with Crippen LogP contribution in [0.2, 0.25) is 10.0 Å². The van der Waals surface area contributed by atoms with Gasteiger partial charge in [-0.2, -0.15) is 13.2 Å². The van der Waals surface area contributed by atoms with Crippen molar-refractivity contribution in [1.29, 1.82) is 0 Å². The van der Waals surface area contributed by atoms with E-state index >= 15 is 0 Å². The monoisotopic (exact) mass is 312 g/mol. The second-order valence-electron chi connectivity index (χ2n) is 3.68. The zero-order valence-corrected chi connectivity index (χ0v) is 10.9. The Morgan fingerprint density at radius 2 is 1.84 bits per heavy atom. The number of hydrogen-bond acceptors (Lipinski definition) is 2. The highest BCUT2D eigenvalue weighted by atomic mass is 35.5. The molecule has 0 aliphatic carbocycles. The summed E-state index contributed by atoms with van der Waals surface area (Å²) in [5.74, 6) is -0.895. The van der Waals surface area contributed by atoms with E-state index in [4.69, 9.17) is 23.2 Å². The van der Waals surface area contributed by atoms with E-state index in [-0.39, 0.29) is 26.6 Å². The van der Waals surface area contributed by atoms with Crippen molar-refractivity contribution in [2.24, 2.45) is 0 Å². The minimum atomic E-state index is -4.62. The highest BCUT2D eigenvalue weighted by molar-refractivity contribution is 6.39. The summed E-state index contributed by atoms with van der Waals surface area (Å²) < 4.78 is 51.6. The topological polar surface area (TPSA) is 24.9 Å². The highest BCUT2D eigenvalue weighted by Crippen LogP contribution is 2.38. The van der Waals surface area contributed by atoms with Crippen LogP contribution >= 0.6 is 23.2 Å². The first-order valence-corrected chi connectivity index (χ1v) is 5.74. The Kier molecular flexibility index (Phi) is 3.49. The number of anilines is 1. The van der Waals surface area contributed by atoms with Crippen molar-refractivity contribution < 1.29 is 17.6 Å². The predicted molar refractivity (Wildman–Crippen MR) is 66.3 cm³/mol. The van der Waals surface area contributed by atoms with Crippen LogP contribution in [-0.2, 0) is 6.18 Å². The van der Waals surface area contributed by atoms with Crippen molar-refractivity contribution in [3.8, 4) is 0 Å². The van der Waals surface area contributed by atoms with E-state index in [9.17, 15) is 17.6 Å². The fraction of sp³-hybridized carbons (Fsp3) is 0.182. The Morgan fingerprint density at radius 3 is 2.37 bits per heavy atom. The maximum atomic E-state index is 13.6. The van der Waals surface area contributed by atoms with E-state index < -0.39 is 17.7 Å². The van der Waals surface area contributed by atoms with Crippen LogP contribution in [-0.4, -0.2) is 12.0 Å². The van der Waals surface area contributed by atoms with Crippen LogP contribution in [0, 0.1) is 5.82 Å². The van der Waals surface area contributed by atoms with Gasteiger partial charge in [-0.1, -0.05) is 23.2 Å². The largest absolute Gasteiger partial charge is 0.433 e. The molecule has 0 spiro atoms. The summed E-state index contributed by atoms with van der Waals surface area (Å²) in [6.45, 7) is 0. The zero-order valence-electron chi connectivity index (χ0n) is 9.37. The van der Waals surface area contributed by atoms with Gasteiger partial charge in [0.05, 0.1) is 15.6 Å². The average Bonchev–Trinajstić information content (AvgIpc) is 2.33. The number of fused-ring (bicyclic) bond motifs is 1. The van der Waals surface area contributed by atoms with E-state index in [1.807, 2.05) is 0 Å². The standard InChI is InChI=1S/C11H6Cl2F4N2/c1-18-5-3-7(11(15,16)17)19-6-2-4(12)10(14)9(13)8(5)6/h2-3H,1H3,(H,18,19). The number of pyridine rings is 1. The Balaban J connectivity index is 2.89. The molecule has 0 atom stereocenters. The molecule has 0 aliphatic heterocycles. The van der Waals surface area contributed by atoms with E-state index in [1.165, 1.54) is 7.05 Å². The van der Waals surface area contributed by atoms with Gasteiger partial charge in [0, 0.05) is 18.1 Å². The van der Waals surface area contributed by atoms with Crippen LogP contribution in [0.25, 0.3) is 10.9 Å². The third kappa shape index (κ3) is 2.42. The van der Waals surface area contributed by atoms with Crippen LogP contribution in [0.1, 0.15) is 5.69 Å². The van der Waals surface area contributed by atoms with Gasteiger partial charge in [-0.3, -0.25) is 0 Å². The number of nitrogens with one attached hydrogen (secondary N) is 1. The fourth-order valence-electron chi connectivity index (χ4n) is 1.64. The number of hydrogen-bond donors (Lipinski definition) is 1. The Hall–Kier alpha value is -1.27. The van der Waals surface area contributed by atoms with Gasteiger partial charge in [0.1, 0.15) is 5.69 Å². The van der Waals surface area contributed by atoms with Crippen LogP contribution in [0.3, 0.4) is 0 Å². The summed E-state index contributed by atoms with van der Waals surface area (Å²) in [5.41, 5.74) is -1.21. The minimum absolute atomic E-state index is 0.0258. The van der Waals surface area contributed by atoms with Gasteiger partial charge in [-0.25, -0.2) is 9.37 Å². The van der Waals surface area contributed by atoms with Crippen molar-refractivity contribution in [1.82, 2.24) is 4.98 Å². The Labute approximate surface area is 115 Å². The molecule has 8 heteroatoms. The lowest BCUT2D eigenvalue weighted by Gasteiger charge is -2.13. The number of alkyl halides is 3. The number of nitrogens with zero attached hydrogens (tertiary/aromatic N) is 1. The number of aromatic nitrogens is 1. The maximum absolute atomic E-state index is 13.6. The summed E-state index contributed by atoms with van der Waals surface area (Å²) >= 11 is 11.3. The van der Waals surface area contributed by atoms with Crippen LogP contribution < -0.4 is 5.32 Å². The molecule has 0 fully saturated rings. The molecule has 2 rings (SSSR count). The quantitative estimate of drug-likeness (QED) is 0.607. The molecule has 1 aromatic heterocycles. The molecule has 1 aromatic carbocycles. The molecule has 2 nitrogen and oxygen atoms in total. The molecule has 0 radical (unpaired) electrons. The van der Waals surface area contributed by atoms with Crippen LogP contribution in [0.5, 0.6) is 0 Å². The van der Waals surface area contributed by atoms with Gasteiger partial charge in [0.25, 0.3) is 0 Å². The Morgan fingerprint density at radius 1 is 1.21 bits per heavy atom. The van der Waals surface area contributed by atoms with Gasteiger partial charge >= 0.3 is 6.18 Å². The van der Waals surface area contributed by atoms with Crippen molar-refractivity contribution in [2.75, 3.05) is 12.4 Å². The number of rotatable bonds is 1. The first kappa shape index (κ1) is 14.1. The molecular formula is C11H6Cl2F4N2. The molecule has 0 bridgehead atoms. The summed E-state index contributed by atoms with van der Waals surface area (Å²) in [6.07, 6.45) is -4.62. The molecule has 2 aromatic rings. The molecule has 0 saturated carbocycles. The molecule has 1 N–H and O–H groups in total. The van der Waals surface area contributed by atoms with Crippen LogP contribution in [0.15, 0.2) is 12.1 Å². The van der Waals surface area contributed by atoms with Crippen molar-refractivity contribution in [3.63, 3.8) is 0 Å². The van der Waals surface area contributed by atoms with Gasteiger partial charge in [-0.05, 0) is 12.1 Å². The lowest BCUT2D eigenvalue weighted by Crippen LogP contribution is -2.09. The molecule has 102 valence electrons. The van der Waals surface area contributed by atoms with E-state index in [0.29, 0.717) is 0 Å². The van der Waals surface area contributed by atoms with Gasteiger partial charge in [0.2, 0.25) is 0 Å². The van der Waals surface area contributed by atoms with E-state index in [0.717, 1.165) is 12.1 Å². The third-order valence-corrected chi connectivity index (χ3v) is 3.12. The Bertz CT molecular complexity index is 655. The SMILES string of the molecule is CNc1cc(C(F)(F)F)nc2cc(Cl)c(F)c(Cl)c12. The molecule has 0 saturated heterocycles. The van der Waals surface area contributed by atoms with E-state index in [1.54, 1.807) is 0 Å².